The molecule has 0 saturated heterocycles. The Balaban J connectivity index is 4.23. The molecule has 0 aromatic carbocycles. The average Bonchev–Trinajstić information content (AvgIpc) is 2.15. The minimum atomic E-state index is -4.51. The number of amidine groups is 1. The molecule has 1 amide bonds. The second-order valence-electron chi connectivity index (χ2n) is 3.11. The number of carbonyl (C=O) groups is 1. The molecular formula is C8H14F3N3O2. The topological polar surface area (TPSA) is 78.9 Å². The third-order valence-corrected chi connectivity index (χ3v) is 1.85. The molecule has 0 spiro atoms. The van der Waals surface area contributed by atoms with Gasteiger partial charge in [-0.15, -0.1) is 0 Å². The number of halogens is 3. The molecule has 94 valence electrons. The van der Waals surface area contributed by atoms with Crippen LogP contribution in [0.25, 0.3) is 0 Å². The minimum Gasteiger partial charge on any atom is -0.409 e. The molecule has 0 saturated carbocycles. The van der Waals surface area contributed by atoms with Gasteiger partial charge < -0.3 is 15.8 Å². The van der Waals surface area contributed by atoms with E-state index in [1.807, 2.05) is 0 Å². The first-order valence-corrected chi connectivity index (χ1v) is 4.61. The molecule has 0 aliphatic carbocycles. The number of carbonyl (C=O) groups excluding carboxylic acids is 1. The maximum absolute atomic E-state index is 11.9. The lowest BCUT2D eigenvalue weighted by Gasteiger charge is -2.21. The summed E-state index contributed by atoms with van der Waals surface area (Å²) in [4.78, 5) is 12.2. The van der Waals surface area contributed by atoms with Crippen LogP contribution < -0.4 is 5.73 Å². The molecular weight excluding hydrogens is 227 g/mol. The lowest BCUT2D eigenvalue weighted by atomic mass is 10.3. The quantitative estimate of drug-likeness (QED) is 0.325. The lowest BCUT2D eigenvalue weighted by Crippen LogP contribution is -2.36. The van der Waals surface area contributed by atoms with Gasteiger partial charge in [0.05, 0.1) is 0 Å². The third-order valence-electron chi connectivity index (χ3n) is 1.85. The highest BCUT2D eigenvalue weighted by Gasteiger charge is 2.33. The summed E-state index contributed by atoms with van der Waals surface area (Å²) in [6, 6.07) is 0. The summed E-state index contributed by atoms with van der Waals surface area (Å²) in [5.74, 6) is -1.14. The van der Waals surface area contributed by atoms with Gasteiger partial charge in [-0.25, -0.2) is 0 Å². The van der Waals surface area contributed by atoms with Crippen LogP contribution in [0.2, 0.25) is 0 Å². The standard InChI is InChI=1S/C8H14F3N3O2/c1-2-14(4-3-6(12)13-16)7(15)5-8(9,10)11/h16H,2-5H2,1H3,(H2,12,13). The Hall–Kier alpha value is -1.47. The SMILES string of the molecule is CCN(CCC(N)=NO)C(=O)CC(F)(F)F. The maximum Gasteiger partial charge on any atom is 0.397 e. The van der Waals surface area contributed by atoms with Crippen molar-refractivity contribution in [1.29, 1.82) is 0 Å². The molecule has 16 heavy (non-hydrogen) atoms. The van der Waals surface area contributed by atoms with Crippen molar-refractivity contribution in [1.82, 2.24) is 4.90 Å². The largest absolute Gasteiger partial charge is 0.409 e. The van der Waals surface area contributed by atoms with E-state index in [4.69, 9.17) is 10.9 Å². The highest BCUT2D eigenvalue weighted by Crippen LogP contribution is 2.20. The van der Waals surface area contributed by atoms with Crippen LogP contribution in [0.1, 0.15) is 19.8 Å². The van der Waals surface area contributed by atoms with E-state index in [2.05, 4.69) is 5.16 Å². The molecule has 8 heteroatoms. The van der Waals surface area contributed by atoms with Gasteiger partial charge in [0, 0.05) is 19.5 Å². The Morgan fingerprint density at radius 1 is 1.50 bits per heavy atom. The van der Waals surface area contributed by atoms with Crippen LogP contribution in [0.3, 0.4) is 0 Å². The minimum absolute atomic E-state index is 0.00130. The number of hydrogen-bond acceptors (Lipinski definition) is 3. The van der Waals surface area contributed by atoms with Crippen molar-refractivity contribution in [3.8, 4) is 0 Å². The van der Waals surface area contributed by atoms with Crippen LogP contribution in [0.4, 0.5) is 13.2 Å². The second-order valence-corrected chi connectivity index (χ2v) is 3.11. The van der Waals surface area contributed by atoms with Crippen LogP contribution in [-0.4, -0.2) is 41.1 Å². The Morgan fingerprint density at radius 3 is 2.44 bits per heavy atom. The molecule has 0 aromatic heterocycles. The van der Waals surface area contributed by atoms with Gasteiger partial charge in [0.15, 0.2) is 0 Å². The molecule has 0 rings (SSSR count). The Kier molecular flexibility index (Phi) is 5.62. The van der Waals surface area contributed by atoms with Crippen LogP contribution in [-0.2, 0) is 4.79 Å². The monoisotopic (exact) mass is 241 g/mol. The van der Waals surface area contributed by atoms with Gasteiger partial charge in [-0.05, 0) is 6.92 Å². The smallest absolute Gasteiger partial charge is 0.397 e. The van der Waals surface area contributed by atoms with E-state index in [0.717, 1.165) is 4.90 Å². The molecule has 0 aromatic rings. The first-order valence-electron chi connectivity index (χ1n) is 4.61. The number of oxime groups is 1. The van der Waals surface area contributed by atoms with Crippen LogP contribution in [0.15, 0.2) is 5.16 Å². The van der Waals surface area contributed by atoms with Gasteiger partial charge in [-0.2, -0.15) is 13.2 Å². The zero-order chi connectivity index (χ0) is 12.8. The summed E-state index contributed by atoms with van der Waals surface area (Å²) in [6.45, 7) is 1.70. The van der Waals surface area contributed by atoms with E-state index < -0.39 is 18.5 Å². The van der Waals surface area contributed by atoms with Gasteiger partial charge in [-0.1, -0.05) is 5.16 Å². The number of hydrogen-bond donors (Lipinski definition) is 2. The van der Waals surface area contributed by atoms with Crippen molar-refractivity contribution in [2.24, 2.45) is 10.9 Å². The van der Waals surface area contributed by atoms with E-state index in [1.165, 1.54) is 0 Å². The molecule has 0 unspecified atom stereocenters. The normalized spacial score (nSPS) is 12.6. The van der Waals surface area contributed by atoms with E-state index in [1.54, 1.807) is 6.92 Å². The molecule has 0 heterocycles. The Labute approximate surface area is 90.7 Å². The van der Waals surface area contributed by atoms with Gasteiger partial charge in [0.2, 0.25) is 5.91 Å². The fourth-order valence-electron chi connectivity index (χ4n) is 1.04. The second kappa shape index (κ2) is 6.19. The molecule has 0 aliphatic heterocycles. The predicted octanol–water partition coefficient (Wildman–Crippen LogP) is 0.924. The molecule has 0 bridgehead atoms. The molecule has 0 radical (unpaired) electrons. The van der Waals surface area contributed by atoms with Crippen molar-refractivity contribution in [2.75, 3.05) is 13.1 Å². The van der Waals surface area contributed by atoms with Crippen LogP contribution in [0.5, 0.6) is 0 Å². The Morgan fingerprint density at radius 2 is 2.06 bits per heavy atom. The van der Waals surface area contributed by atoms with E-state index in [9.17, 15) is 18.0 Å². The van der Waals surface area contributed by atoms with Crippen molar-refractivity contribution >= 4 is 11.7 Å². The number of nitrogens with two attached hydrogens (primary N) is 1. The lowest BCUT2D eigenvalue weighted by molar-refractivity contribution is -0.161. The average molecular weight is 241 g/mol. The summed E-state index contributed by atoms with van der Waals surface area (Å²) >= 11 is 0. The van der Waals surface area contributed by atoms with Crippen LogP contribution in [0, 0.1) is 0 Å². The summed E-state index contributed by atoms with van der Waals surface area (Å²) in [5.41, 5.74) is 5.14. The number of nitrogens with zero attached hydrogens (tertiary/aromatic N) is 2. The fraction of sp³-hybridized carbons (Fsp3) is 0.750. The van der Waals surface area contributed by atoms with E-state index in [0.29, 0.717) is 0 Å². The van der Waals surface area contributed by atoms with E-state index in [-0.39, 0.29) is 25.3 Å². The summed E-state index contributed by atoms with van der Waals surface area (Å²) < 4.78 is 35.8. The first kappa shape index (κ1) is 14.5. The van der Waals surface area contributed by atoms with Gasteiger partial charge in [-0.3, -0.25) is 4.79 Å². The number of rotatable bonds is 5. The van der Waals surface area contributed by atoms with Crippen molar-refractivity contribution in [3.63, 3.8) is 0 Å². The van der Waals surface area contributed by atoms with Gasteiger partial charge in [0.1, 0.15) is 12.3 Å². The Bertz CT molecular complexity index is 266. The van der Waals surface area contributed by atoms with E-state index >= 15 is 0 Å². The number of amides is 1. The summed E-state index contributed by atoms with van der Waals surface area (Å²) in [7, 11) is 0. The summed E-state index contributed by atoms with van der Waals surface area (Å²) in [5, 5.41) is 10.9. The maximum atomic E-state index is 11.9. The van der Waals surface area contributed by atoms with Crippen molar-refractivity contribution in [3.05, 3.63) is 0 Å². The van der Waals surface area contributed by atoms with Crippen molar-refractivity contribution < 1.29 is 23.2 Å². The highest BCUT2D eigenvalue weighted by molar-refractivity contribution is 5.81. The zero-order valence-electron chi connectivity index (χ0n) is 8.79. The summed E-state index contributed by atoms with van der Waals surface area (Å²) in [6.07, 6.45) is -5.97. The fourth-order valence-corrected chi connectivity index (χ4v) is 1.04. The molecule has 3 N–H and O–H groups in total. The molecule has 0 aliphatic rings. The molecule has 0 atom stereocenters. The van der Waals surface area contributed by atoms with Crippen LogP contribution >= 0.6 is 0 Å². The third kappa shape index (κ3) is 6.10. The predicted molar refractivity (Wildman–Crippen MR) is 51.0 cm³/mol. The van der Waals surface area contributed by atoms with Crippen molar-refractivity contribution in [2.45, 2.75) is 25.9 Å². The molecule has 0 fully saturated rings. The first-order chi connectivity index (χ1) is 7.30. The van der Waals surface area contributed by atoms with Gasteiger partial charge >= 0.3 is 6.18 Å². The molecule has 5 nitrogen and oxygen atoms in total. The highest BCUT2D eigenvalue weighted by atomic mass is 19.4. The van der Waals surface area contributed by atoms with Gasteiger partial charge in [0.25, 0.3) is 0 Å². The number of alkyl halides is 3. The zero-order valence-corrected chi connectivity index (χ0v) is 8.79.